The van der Waals surface area contributed by atoms with Gasteiger partial charge in [0.2, 0.25) is 0 Å². The fourth-order valence-corrected chi connectivity index (χ4v) is 8.07. The van der Waals surface area contributed by atoms with E-state index < -0.39 is 0 Å². The van der Waals surface area contributed by atoms with Crippen LogP contribution in [0.3, 0.4) is 0 Å². The van der Waals surface area contributed by atoms with Crippen molar-refractivity contribution in [1.82, 2.24) is 4.57 Å². The maximum Gasteiger partial charge on any atom is 0.0544 e. The Morgan fingerprint density at radius 2 is 1.19 bits per heavy atom. The largest absolute Gasteiger partial charge is 0.313 e. The Morgan fingerprint density at radius 1 is 0.538 bits per heavy atom. The zero-order chi connectivity index (χ0) is 35.0. The van der Waals surface area contributed by atoms with Crippen LogP contribution in [-0.2, 0) is 6.42 Å². The van der Waals surface area contributed by atoms with Gasteiger partial charge in [-0.05, 0) is 108 Å². The number of rotatable bonds is 7. The highest BCUT2D eigenvalue weighted by molar-refractivity contribution is 5.96. The number of anilines is 3. The zero-order valence-corrected chi connectivity index (χ0v) is 29.6. The van der Waals surface area contributed by atoms with Crippen LogP contribution >= 0.6 is 0 Å². The summed E-state index contributed by atoms with van der Waals surface area (Å²) >= 11 is 0. The maximum absolute atomic E-state index is 2.53. The van der Waals surface area contributed by atoms with Crippen molar-refractivity contribution in [2.75, 3.05) is 4.90 Å². The van der Waals surface area contributed by atoms with E-state index in [-0.39, 0.29) is 0 Å². The molecule has 1 aliphatic carbocycles. The van der Waals surface area contributed by atoms with Gasteiger partial charge in [0.1, 0.15) is 0 Å². The molecule has 2 heteroatoms. The van der Waals surface area contributed by atoms with Crippen molar-refractivity contribution in [3.63, 3.8) is 0 Å². The normalized spacial score (nSPS) is 12.2. The summed E-state index contributed by atoms with van der Waals surface area (Å²) in [5.41, 5.74) is 18.4. The maximum atomic E-state index is 2.53. The lowest BCUT2D eigenvalue weighted by molar-refractivity contribution is 0.885. The van der Waals surface area contributed by atoms with Gasteiger partial charge >= 0.3 is 0 Å². The molecule has 52 heavy (non-hydrogen) atoms. The number of nitrogens with zero attached hydrogens (tertiary/aromatic N) is 2. The minimum Gasteiger partial charge on any atom is -0.313 e. The quantitative estimate of drug-likeness (QED) is 0.164. The van der Waals surface area contributed by atoms with Gasteiger partial charge < -0.3 is 9.47 Å². The molecule has 7 aromatic carbocycles. The van der Waals surface area contributed by atoms with Crippen molar-refractivity contribution in [2.45, 2.75) is 26.7 Å². The molecule has 0 bridgehead atoms. The van der Waals surface area contributed by atoms with Crippen molar-refractivity contribution < 1.29 is 0 Å². The molecular weight excluding hydrogens is 629 g/mol. The number of hydrogen-bond donors (Lipinski definition) is 0. The lowest BCUT2D eigenvalue weighted by Crippen LogP contribution is -2.14. The van der Waals surface area contributed by atoms with Gasteiger partial charge in [0.25, 0.3) is 0 Å². The molecule has 8 aromatic rings. The summed E-state index contributed by atoms with van der Waals surface area (Å²) in [7, 11) is 0. The predicted molar refractivity (Wildman–Crippen MR) is 221 cm³/mol. The molecule has 1 heterocycles. The van der Waals surface area contributed by atoms with E-state index in [1.807, 2.05) is 0 Å². The third-order valence-electron chi connectivity index (χ3n) is 10.6. The van der Waals surface area contributed by atoms with E-state index in [1.165, 1.54) is 72.4 Å². The molecule has 0 radical (unpaired) electrons. The van der Waals surface area contributed by atoms with Crippen molar-refractivity contribution in [3.8, 4) is 39.1 Å². The molecule has 9 rings (SSSR count). The van der Waals surface area contributed by atoms with E-state index in [0.29, 0.717) is 0 Å². The Bertz CT molecular complexity index is 2570. The van der Waals surface area contributed by atoms with E-state index in [2.05, 4.69) is 205 Å². The van der Waals surface area contributed by atoms with Gasteiger partial charge in [-0.1, -0.05) is 140 Å². The van der Waals surface area contributed by atoms with Crippen molar-refractivity contribution in [3.05, 3.63) is 198 Å². The molecule has 2 nitrogen and oxygen atoms in total. The van der Waals surface area contributed by atoms with Gasteiger partial charge in [0, 0.05) is 39.3 Å². The van der Waals surface area contributed by atoms with Crippen molar-refractivity contribution in [1.29, 1.82) is 0 Å². The van der Waals surface area contributed by atoms with Crippen LogP contribution in [0, 0.1) is 13.8 Å². The average Bonchev–Trinajstić information content (AvgIpc) is 3.54. The van der Waals surface area contributed by atoms with Crippen LogP contribution in [0.15, 0.2) is 176 Å². The Hall–Kier alpha value is -6.38. The highest BCUT2D eigenvalue weighted by atomic mass is 15.1. The smallest absolute Gasteiger partial charge is 0.0544 e. The van der Waals surface area contributed by atoms with E-state index in [9.17, 15) is 0 Å². The second-order valence-corrected chi connectivity index (χ2v) is 13.7. The molecule has 1 aromatic heterocycles. The number of fused-ring (bicyclic) bond motifs is 3. The second kappa shape index (κ2) is 13.4. The molecular formula is C50H40N2. The van der Waals surface area contributed by atoms with E-state index >= 15 is 0 Å². The fraction of sp³-hybridized carbons (Fsp3) is 0.0800. The third-order valence-corrected chi connectivity index (χ3v) is 10.6. The number of aryl methyl sites for hydroxylation is 1. The van der Waals surface area contributed by atoms with Crippen LogP contribution in [0.5, 0.6) is 0 Å². The monoisotopic (exact) mass is 668 g/mol. The molecule has 0 atom stereocenters. The summed E-state index contributed by atoms with van der Waals surface area (Å²) in [6, 6.07) is 61.7. The topological polar surface area (TPSA) is 8.17 Å². The molecule has 0 saturated heterocycles. The van der Waals surface area contributed by atoms with Crippen LogP contribution in [0.2, 0.25) is 0 Å². The minimum atomic E-state index is 1.02. The fourth-order valence-electron chi connectivity index (χ4n) is 8.07. The molecule has 250 valence electrons. The summed E-state index contributed by atoms with van der Waals surface area (Å²) in [6.07, 6.45) is 6.71. The highest BCUT2D eigenvalue weighted by Gasteiger charge is 2.25. The summed E-state index contributed by atoms with van der Waals surface area (Å²) in [5.74, 6) is 0. The first-order valence-corrected chi connectivity index (χ1v) is 18.3. The van der Waals surface area contributed by atoms with Crippen molar-refractivity contribution in [2.24, 2.45) is 0 Å². The molecule has 0 spiro atoms. The van der Waals surface area contributed by atoms with Crippen LogP contribution in [0.4, 0.5) is 17.1 Å². The first-order chi connectivity index (χ1) is 25.7. The van der Waals surface area contributed by atoms with Crippen LogP contribution < -0.4 is 4.90 Å². The van der Waals surface area contributed by atoms with Gasteiger partial charge in [-0.25, -0.2) is 0 Å². The SMILES string of the molecule is Cc1ccccc1-c1c(N(c2ccc(-c3ccccc3)cc2)c2cccc(-c3ccccc3)c2)ccc(-n2c3c(c4ccccc42)C=CCC3)c1C. The Labute approximate surface area is 306 Å². The Balaban J connectivity index is 1.30. The molecule has 0 unspecified atom stereocenters. The van der Waals surface area contributed by atoms with Crippen LogP contribution in [-0.4, -0.2) is 4.57 Å². The van der Waals surface area contributed by atoms with Gasteiger partial charge in [-0.2, -0.15) is 0 Å². The van der Waals surface area contributed by atoms with Gasteiger partial charge in [-0.15, -0.1) is 0 Å². The predicted octanol–water partition coefficient (Wildman–Crippen LogP) is 13.7. The second-order valence-electron chi connectivity index (χ2n) is 13.7. The number of hydrogen-bond acceptors (Lipinski definition) is 1. The Kier molecular flexibility index (Phi) is 8.14. The van der Waals surface area contributed by atoms with Crippen LogP contribution in [0.25, 0.3) is 56.0 Å². The molecule has 0 amide bonds. The highest BCUT2D eigenvalue weighted by Crippen LogP contribution is 2.47. The average molecular weight is 669 g/mol. The lowest BCUT2D eigenvalue weighted by atomic mass is 9.92. The standard InChI is InChI=1S/C50H40N2/c1-35-16-9-10-23-43(35)50-36(2)46(52-47-26-13-11-24-44(47)45-25-12-14-27-48(45)52)32-33-49(50)51(41-30-28-39(29-31-41)37-17-5-3-6-18-37)42-22-15-21-40(34-42)38-19-7-4-8-20-38/h3-13,15-26,28-34H,14,27H2,1-2H3. The third kappa shape index (κ3) is 5.54. The summed E-state index contributed by atoms with van der Waals surface area (Å²) in [5, 5.41) is 1.31. The number of para-hydroxylation sites is 1. The molecule has 0 aliphatic heterocycles. The summed E-state index contributed by atoms with van der Waals surface area (Å²) in [4.78, 5) is 2.45. The molecule has 0 saturated carbocycles. The number of benzene rings is 7. The first kappa shape index (κ1) is 31.6. The summed E-state index contributed by atoms with van der Waals surface area (Å²) < 4.78 is 2.53. The van der Waals surface area contributed by atoms with Gasteiger partial charge in [0.05, 0.1) is 11.2 Å². The summed E-state index contributed by atoms with van der Waals surface area (Å²) in [6.45, 7) is 4.55. The molecule has 0 N–H and O–H groups in total. The van der Waals surface area contributed by atoms with Crippen LogP contribution in [0.1, 0.15) is 28.8 Å². The number of allylic oxidation sites excluding steroid dienone is 1. The molecule has 1 aliphatic rings. The van der Waals surface area contributed by atoms with E-state index in [0.717, 1.165) is 29.9 Å². The first-order valence-electron chi connectivity index (χ1n) is 18.3. The van der Waals surface area contributed by atoms with Gasteiger partial charge in [0.15, 0.2) is 0 Å². The van der Waals surface area contributed by atoms with Crippen molar-refractivity contribution >= 4 is 34.0 Å². The lowest BCUT2D eigenvalue weighted by Gasteiger charge is -2.31. The van der Waals surface area contributed by atoms with Gasteiger partial charge in [-0.3, -0.25) is 0 Å². The number of aromatic nitrogens is 1. The van der Waals surface area contributed by atoms with E-state index in [4.69, 9.17) is 0 Å². The molecule has 0 fully saturated rings. The Morgan fingerprint density at radius 3 is 1.96 bits per heavy atom. The zero-order valence-electron chi connectivity index (χ0n) is 29.6. The minimum absolute atomic E-state index is 1.02. The van der Waals surface area contributed by atoms with E-state index in [1.54, 1.807) is 0 Å².